The van der Waals surface area contributed by atoms with Gasteiger partial charge in [0.2, 0.25) is 0 Å². The number of amides is 1. The summed E-state index contributed by atoms with van der Waals surface area (Å²) in [5, 5.41) is 13.0. The first-order valence-electron chi connectivity index (χ1n) is 7.35. The van der Waals surface area contributed by atoms with Crippen molar-refractivity contribution in [3.05, 3.63) is 29.0 Å². The summed E-state index contributed by atoms with van der Waals surface area (Å²) < 4.78 is 0. The smallest absolute Gasteiger partial charge is 0.251 e. The van der Waals surface area contributed by atoms with E-state index < -0.39 is 6.10 Å². The third-order valence-corrected chi connectivity index (χ3v) is 4.04. The number of halogens is 1. The molecule has 0 bridgehead atoms. The number of piperidine rings is 1. The SMILES string of the molecule is CC1CCN(CC(O)CNC(=O)c2ccnc(Cl)c2)CC1. The quantitative estimate of drug-likeness (QED) is 0.810. The van der Waals surface area contributed by atoms with Crippen LogP contribution in [0.2, 0.25) is 5.15 Å². The highest BCUT2D eigenvalue weighted by Crippen LogP contribution is 2.15. The molecule has 1 aliphatic heterocycles. The molecule has 5 nitrogen and oxygen atoms in total. The largest absolute Gasteiger partial charge is 0.390 e. The van der Waals surface area contributed by atoms with Gasteiger partial charge in [-0.25, -0.2) is 4.98 Å². The summed E-state index contributed by atoms with van der Waals surface area (Å²) in [5.41, 5.74) is 0.453. The summed E-state index contributed by atoms with van der Waals surface area (Å²) in [7, 11) is 0. The average molecular weight is 312 g/mol. The Hall–Kier alpha value is -1.17. The minimum atomic E-state index is -0.556. The van der Waals surface area contributed by atoms with Crippen LogP contribution in [0.3, 0.4) is 0 Å². The van der Waals surface area contributed by atoms with Crippen molar-refractivity contribution in [3.63, 3.8) is 0 Å². The van der Waals surface area contributed by atoms with Gasteiger partial charge >= 0.3 is 0 Å². The van der Waals surface area contributed by atoms with Gasteiger partial charge in [-0.15, -0.1) is 0 Å². The number of rotatable bonds is 5. The normalized spacial score (nSPS) is 18.4. The van der Waals surface area contributed by atoms with Crippen LogP contribution in [0.5, 0.6) is 0 Å². The molecule has 1 amide bonds. The molecule has 0 saturated carbocycles. The zero-order valence-electron chi connectivity index (χ0n) is 12.3. The van der Waals surface area contributed by atoms with E-state index in [0.29, 0.717) is 12.1 Å². The van der Waals surface area contributed by atoms with Crippen molar-refractivity contribution >= 4 is 17.5 Å². The Morgan fingerprint density at radius 3 is 2.95 bits per heavy atom. The van der Waals surface area contributed by atoms with Gasteiger partial charge in [-0.05, 0) is 44.0 Å². The molecule has 0 aromatic carbocycles. The molecule has 0 radical (unpaired) electrons. The van der Waals surface area contributed by atoms with Crippen molar-refractivity contribution in [3.8, 4) is 0 Å². The number of nitrogens with zero attached hydrogens (tertiary/aromatic N) is 2. The number of aromatic nitrogens is 1. The van der Waals surface area contributed by atoms with E-state index in [4.69, 9.17) is 11.6 Å². The summed E-state index contributed by atoms with van der Waals surface area (Å²) in [5.74, 6) is 0.528. The summed E-state index contributed by atoms with van der Waals surface area (Å²) in [6.07, 6.45) is 3.28. The fourth-order valence-electron chi connectivity index (χ4n) is 2.46. The number of aliphatic hydroxyl groups excluding tert-OH is 1. The summed E-state index contributed by atoms with van der Waals surface area (Å²) in [4.78, 5) is 18.0. The van der Waals surface area contributed by atoms with Gasteiger partial charge in [0.15, 0.2) is 0 Å². The average Bonchev–Trinajstić information content (AvgIpc) is 2.47. The van der Waals surface area contributed by atoms with Crippen LogP contribution < -0.4 is 5.32 Å². The van der Waals surface area contributed by atoms with Crippen molar-refractivity contribution in [2.24, 2.45) is 5.92 Å². The van der Waals surface area contributed by atoms with Crippen molar-refractivity contribution in [2.45, 2.75) is 25.9 Å². The van der Waals surface area contributed by atoms with Crippen LogP contribution >= 0.6 is 11.6 Å². The van der Waals surface area contributed by atoms with Crippen LogP contribution in [-0.4, -0.2) is 53.2 Å². The topological polar surface area (TPSA) is 65.5 Å². The Balaban J connectivity index is 1.73. The van der Waals surface area contributed by atoms with Crippen molar-refractivity contribution in [1.29, 1.82) is 0 Å². The molecule has 116 valence electrons. The number of likely N-dealkylation sites (tertiary alicyclic amines) is 1. The molecule has 1 aromatic rings. The highest BCUT2D eigenvalue weighted by molar-refractivity contribution is 6.29. The molecule has 2 heterocycles. The summed E-state index contributed by atoms with van der Waals surface area (Å²) in [6, 6.07) is 3.11. The summed E-state index contributed by atoms with van der Waals surface area (Å²) >= 11 is 5.75. The molecular weight excluding hydrogens is 290 g/mol. The minimum Gasteiger partial charge on any atom is -0.390 e. The Morgan fingerprint density at radius 1 is 1.57 bits per heavy atom. The van der Waals surface area contributed by atoms with E-state index in [-0.39, 0.29) is 17.6 Å². The van der Waals surface area contributed by atoms with E-state index in [1.807, 2.05) is 0 Å². The fourth-order valence-corrected chi connectivity index (χ4v) is 2.64. The first-order chi connectivity index (χ1) is 10.0. The first kappa shape index (κ1) is 16.2. The van der Waals surface area contributed by atoms with Crippen LogP contribution in [0, 0.1) is 5.92 Å². The third kappa shape index (κ3) is 5.26. The predicted molar refractivity (Wildman–Crippen MR) is 82.4 cm³/mol. The van der Waals surface area contributed by atoms with Crippen LogP contribution in [-0.2, 0) is 0 Å². The lowest BCUT2D eigenvalue weighted by atomic mass is 9.99. The molecule has 1 saturated heterocycles. The number of nitrogens with one attached hydrogen (secondary N) is 1. The number of carbonyl (C=O) groups excluding carboxylic acids is 1. The van der Waals surface area contributed by atoms with E-state index in [2.05, 4.69) is 22.1 Å². The van der Waals surface area contributed by atoms with Crippen molar-refractivity contribution < 1.29 is 9.90 Å². The monoisotopic (exact) mass is 311 g/mol. The van der Waals surface area contributed by atoms with Gasteiger partial charge in [-0.3, -0.25) is 4.79 Å². The molecule has 21 heavy (non-hydrogen) atoms. The van der Waals surface area contributed by atoms with Crippen molar-refractivity contribution in [2.75, 3.05) is 26.2 Å². The van der Waals surface area contributed by atoms with Crippen LogP contribution in [0.15, 0.2) is 18.3 Å². The first-order valence-corrected chi connectivity index (χ1v) is 7.72. The van der Waals surface area contributed by atoms with Crippen LogP contribution in [0.25, 0.3) is 0 Å². The zero-order chi connectivity index (χ0) is 15.2. The molecule has 0 spiro atoms. The van der Waals surface area contributed by atoms with E-state index in [1.54, 1.807) is 6.07 Å². The number of hydrogen-bond donors (Lipinski definition) is 2. The number of carbonyl (C=O) groups is 1. The molecule has 2 rings (SSSR count). The van der Waals surface area contributed by atoms with E-state index >= 15 is 0 Å². The molecule has 1 unspecified atom stereocenters. The van der Waals surface area contributed by atoms with E-state index in [1.165, 1.54) is 25.1 Å². The second-order valence-corrected chi connectivity index (χ2v) is 6.10. The summed E-state index contributed by atoms with van der Waals surface area (Å²) in [6.45, 7) is 5.14. The van der Waals surface area contributed by atoms with Gasteiger partial charge in [-0.1, -0.05) is 18.5 Å². The second kappa shape index (κ2) is 7.73. The second-order valence-electron chi connectivity index (χ2n) is 5.71. The Kier molecular flexibility index (Phi) is 5.96. The number of β-amino-alcohol motifs (C(OH)–C–C–N with tert-alkyl or cyclic N) is 1. The minimum absolute atomic E-state index is 0.241. The highest BCUT2D eigenvalue weighted by atomic mass is 35.5. The molecule has 2 N–H and O–H groups in total. The number of hydrogen-bond acceptors (Lipinski definition) is 4. The maximum atomic E-state index is 11.9. The molecule has 1 fully saturated rings. The third-order valence-electron chi connectivity index (χ3n) is 3.83. The lowest BCUT2D eigenvalue weighted by molar-refractivity contribution is 0.0795. The highest BCUT2D eigenvalue weighted by Gasteiger charge is 2.18. The molecule has 1 aromatic heterocycles. The number of pyridine rings is 1. The van der Waals surface area contributed by atoms with E-state index in [0.717, 1.165) is 19.0 Å². The molecule has 1 atom stereocenters. The standard InChI is InChI=1S/C15H22ClN3O2/c1-11-3-6-19(7-4-11)10-13(20)9-18-15(21)12-2-5-17-14(16)8-12/h2,5,8,11,13,20H,3-4,6-7,9-10H2,1H3,(H,18,21). The predicted octanol–water partition coefficient (Wildman–Crippen LogP) is 1.56. The zero-order valence-corrected chi connectivity index (χ0v) is 13.0. The van der Waals surface area contributed by atoms with Gasteiger partial charge in [0, 0.05) is 24.8 Å². The molecule has 1 aliphatic rings. The van der Waals surface area contributed by atoms with Gasteiger partial charge in [0.05, 0.1) is 6.10 Å². The van der Waals surface area contributed by atoms with Crippen LogP contribution in [0.4, 0.5) is 0 Å². The lowest BCUT2D eigenvalue weighted by Gasteiger charge is -2.31. The van der Waals surface area contributed by atoms with Gasteiger partial charge in [0.25, 0.3) is 5.91 Å². The lowest BCUT2D eigenvalue weighted by Crippen LogP contribution is -2.43. The van der Waals surface area contributed by atoms with E-state index in [9.17, 15) is 9.90 Å². The van der Waals surface area contributed by atoms with Crippen LogP contribution in [0.1, 0.15) is 30.1 Å². The maximum Gasteiger partial charge on any atom is 0.251 e. The van der Waals surface area contributed by atoms with Gasteiger partial charge < -0.3 is 15.3 Å². The number of aliphatic hydroxyl groups is 1. The Labute approximate surface area is 130 Å². The van der Waals surface area contributed by atoms with Gasteiger partial charge in [-0.2, -0.15) is 0 Å². The molecule has 6 heteroatoms. The fraction of sp³-hybridized carbons (Fsp3) is 0.600. The molecular formula is C15H22ClN3O2. The van der Waals surface area contributed by atoms with Gasteiger partial charge in [0.1, 0.15) is 5.15 Å². The Bertz CT molecular complexity index is 476. The maximum absolute atomic E-state index is 11.9. The van der Waals surface area contributed by atoms with Crippen molar-refractivity contribution in [1.82, 2.24) is 15.2 Å². The Morgan fingerprint density at radius 2 is 2.29 bits per heavy atom. The molecule has 0 aliphatic carbocycles.